The van der Waals surface area contributed by atoms with Gasteiger partial charge in [0.05, 0.1) is 5.69 Å². The number of aryl methyl sites for hydroxylation is 1. The van der Waals surface area contributed by atoms with Gasteiger partial charge >= 0.3 is 0 Å². The minimum Gasteiger partial charge on any atom is -0.487 e. The maximum atomic E-state index is 11.3. The number of carbonyl (C=O) groups is 1. The zero-order valence-electron chi connectivity index (χ0n) is 10.6. The van der Waals surface area contributed by atoms with E-state index in [1.807, 2.05) is 36.6 Å². The van der Waals surface area contributed by atoms with Gasteiger partial charge in [-0.1, -0.05) is 23.8 Å². The molecule has 19 heavy (non-hydrogen) atoms. The Morgan fingerprint density at radius 1 is 1.26 bits per heavy atom. The van der Waals surface area contributed by atoms with Crippen LogP contribution in [0.25, 0.3) is 0 Å². The highest BCUT2D eigenvalue weighted by Crippen LogP contribution is 2.13. The highest BCUT2D eigenvalue weighted by atomic mass is 16.5. The number of amides is 1. The van der Waals surface area contributed by atoms with E-state index in [2.05, 4.69) is 4.98 Å². The van der Waals surface area contributed by atoms with Crippen molar-refractivity contribution in [1.82, 2.24) is 10.4 Å². The second-order valence-corrected chi connectivity index (χ2v) is 4.09. The van der Waals surface area contributed by atoms with E-state index in [1.165, 1.54) is 5.56 Å². The average Bonchev–Trinajstić information content (AvgIpc) is 2.46. The number of rotatable bonds is 4. The van der Waals surface area contributed by atoms with Crippen LogP contribution in [-0.2, 0) is 6.61 Å². The first-order valence-corrected chi connectivity index (χ1v) is 5.85. The minimum absolute atomic E-state index is 0.271. The van der Waals surface area contributed by atoms with Crippen molar-refractivity contribution in [3.05, 3.63) is 59.4 Å². The van der Waals surface area contributed by atoms with Crippen molar-refractivity contribution >= 4 is 5.91 Å². The lowest BCUT2D eigenvalue weighted by Gasteiger charge is -2.07. The molecule has 0 radical (unpaired) electrons. The molecule has 98 valence electrons. The molecule has 0 aliphatic rings. The van der Waals surface area contributed by atoms with Crippen LogP contribution < -0.4 is 16.0 Å². The summed E-state index contributed by atoms with van der Waals surface area (Å²) in [6.07, 6.45) is 0. The SMILES string of the molecule is Cc1ccc(OCc2cccc(C(=O)NN)n2)cc1. The predicted octanol–water partition coefficient (Wildman–Crippen LogP) is 1.57. The average molecular weight is 257 g/mol. The summed E-state index contributed by atoms with van der Waals surface area (Å²) < 4.78 is 5.59. The van der Waals surface area contributed by atoms with Crippen molar-refractivity contribution in [2.24, 2.45) is 5.84 Å². The molecule has 0 spiro atoms. The zero-order chi connectivity index (χ0) is 13.7. The number of pyridine rings is 1. The van der Waals surface area contributed by atoms with Gasteiger partial charge in [-0.25, -0.2) is 10.8 Å². The van der Waals surface area contributed by atoms with Crippen LogP contribution in [0.5, 0.6) is 5.75 Å². The summed E-state index contributed by atoms with van der Waals surface area (Å²) in [6, 6.07) is 12.9. The van der Waals surface area contributed by atoms with E-state index in [4.69, 9.17) is 10.6 Å². The first kappa shape index (κ1) is 13.0. The minimum atomic E-state index is -0.419. The van der Waals surface area contributed by atoms with Crippen molar-refractivity contribution in [2.75, 3.05) is 0 Å². The van der Waals surface area contributed by atoms with Gasteiger partial charge in [-0.15, -0.1) is 0 Å². The predicted molar refractivity (Wildman–Crippen MR) is 71.4 cm³/mol. The molecular formula is C14H15N3O2. The normalized spacial score (nSPS) is 10.0. The van der Waals surface area contributed by atoms with Crippen LogP contribution >= 0.6 is 0 Å². The second kappa shape index (κ2) is 5.97. The number of carbonyl (C=O) groups excluding carboxylic acids is 1. The van der Waals surface area contributed by atoms with Crippen LogP contribution in [0.3, 0.4) is 0 Å². The van der Waals surface area contributed by atoms with E-state index in [0.717, 1.165) is 5.75 Å². The molecule has 1 aromatic heterocycles. The van der Waals surface area contributed by atoms with Crippen LogP contribution in [-0.4, -0.2) is 10.9 Å². The molecule has 2 aromatic rings. The highest BCUT2D eigenvalue weighted by molar-refractivity contribution is 5.91. The van der Waals surface area contributed by atoms with Crippen LogP contribution in [0.1, 0.15) is 21.7 Å². The Bertz CT molecular complexity index is 567. The van der Waals surface area contributed by atoms with Crippen molar-refractivity contribution in [3.8, 4) is 5.75 Å². The van der Waals surface area contributed by atoms with Crippen LogP contribution in [0, 0.1) is 6.92 Å². The third kappa shape index (κ3) is 3.53. The standard InChI is InChI=1S/C14H15N3O2/c1-10-5-7-12(8-6-10)19-9-11-3-2-4-13(16-11)14(18)17-15/h2-8H,9,15H2,1H3,(H,17,18). The quantitative estimate of drug-likeness (QED) is 0.495. The summed E-state index contributed by atoms with van der Waals surface area (Å²) >= 11 is 0. The number of nitrogens with two attached hydrogens (primary N) is 1. The molecule has 0 unspecified atom stereocenters. The molecule has 0 bridgehead atoms. The highest BCUT2D eigenvalue weighted by Gasteiger charge is 2.06. The smallest absolute Gasteiger partial charge is 0.283 e. The summed E-state index contributed by atoms with van der Waals surface area (Å²) in [5, 5.41) is 0. The van der Waals surface area contributed by atoms with Gasteiger partial charge in [-0.2, -0.15) is 0 Å². The first-order chi connectivity index (χ1) is 9.19. The van der Waals surface area contributed by atoms with E-state index >= 15 is 0 Å². The van der Waals surface area contributed by atoms with Crippen LogP contribution in [0.15, 0.2) is 42.5 Å². The number of aromatic nitrogens is 1. The van der Waals surface area contributed by atoms with Gasteiger partial charge in [0.1, 0.15) is 18.1 Å². The molecule has 0 aliphatic carbocycles. The molecule has 0 fully saturated rings. The molecular weight excluding hydrogens is 242 g/mol. The number of hydrogen-bond acceptors (Lipinski definition) is 4. The summed E-state index contributed by atoms with van der Waals surface area (Å²) in [5.41, 5.74) is 4.16. The maximum absolute atomic E-state index is 11.3. The lowest BCUT2D eigenvalue weighted by molar-refractivity contribution is 0.0948. The Hall–Kier alpha value is -2.40. The number of ether oxygens (including phenoxy) is 1. The molecule has 0 saturated heterocycles. The number of hydrazine groups is 1. The molecule has 5 nitrogen and oxygen atoms in total. The Kier molecular flexibility index (Phi) is 4.10. The Morgan fingerprint density at radius 3 is 2.68 bits per heavy atom. The Balaban J connectivity index is 2.03. The van der Waals surface area contributed by atoms with E-state index in [1.54, 1.807) is 18.2 Å². The van der Waals surface area contributed by atoms with Gasteiger partial charge in [0, 0.05) is 0 Å². The molecule has 1 aromatic carbocycles. The largest absolute Gasteiger partial charge is 0.487 e. The third-order valence-electron chi connectivity index (χ3n) is 2.58. The van der Waals surface area contributed by atoms with E-state index in [-0.39, 0.29) is 5.69 Å². The van der Waals surface area contributed by atoms with Gasteiger partial charge in [0.2, 0.25) is 0 Å². The van der Waals surface area contributed by atoms with Gasteiger partial charge < -0.3 is 4.74 Å². The summed E-state index contributed by atoms with van der Waals surface area (Å²) in [6.45, 7) is 2.31. The third-order valence-corrected chi connectivity index (χ3v) is 2.58. The molecule has 0 aliphatic heterocycles. The zero-order valence-corrected chi connectivity index (χ0v) is 10.6. The first-order valence-electron chi connectivity index (χ1n) is 5.85. The fourth-order valence-corrected chi connectivity index (χ4v) is 1.55. The number of nitrogens with one attached hydrogen (secondary N) is 1. The monoisotopic (exact) mass is 257 g/mol. The number of nitrogen functional groups attached to an aromatic ring is 1. The van der Waals surface area contributed by atoms with Gasteiger partial charge in [-0.05, 0) is 31.2 Å². The lowest BCUT2D eigenvalue weighted by Crippen LogP contribution is -2.30. The van der Waals surface area contributed by atoms with Crippen LogP contribution in [0.2, 0.25) is 0 Å². The topological polar surface area (TPSA) is 77.2 Å². The number of nitrogens with zero attached hydrogens (tertiary/aromatic N) is 1. The van der Waals surface area contributed by atoms with Crippen LogP contribution in [0.4, 0.5) is 0 Å². The fourth-order valence-electron chi connectivity index (χ4n) is 1.55. The molecule has 0 saturated carbocycles. The van der Waals surface area contributed by atoms with Crippen molar-refractivity contribution < 1.29 is 9.53 Å². The fraction of sp³-hybridized carbons (Fsp3) is 0.143. The summed E-state index contributed by atoms with van der Waals surface area (Å²) in [4.78, 5) is 15.5. The summed E-state index contributed by atoms with van der Waals surface area (Å²) in [5.74, 6) is 5.41. The lowest BCUT2D eigenvalue weighted by atomic mass is 10.2. The van der Waals surface area contributed by atoms with E-state index in [0.29, 0.717) is 12.3 Å². The van der Waals surface area contributed by atoms with E-state index in [9.17, 15) is 4.79 Å². The number of benzene rings is 1. The molecule has 5 heteroatoms. The Morgan fingerprint density at radius 2 is 2.00 bits per heavy atom. The van der Waals surface area contributed by atoms with Crippen molar-refractivity contribution in [3.63, 3.8) is 0 Å². The van der Waals surface area contributed by atoms with E-state index < -0.39 is 5.91 Å². The maximum Gasteiger partial charge on any atom is 0.283 e. The molecule has 0 atom stereocenters. The van der Waals surface area contributed by atoms with Crippen molar-refractivity contribution in [1.29, 1.82) is 0 Å². The van der Waals surface area contributed by atoms with Gasteiger partial charge in [-0.3, -0.25) is 10.2 Å². The Labute approximate surface area is 111 Å². The van der Waals surface area contributed by atoms with Gasteiger partial charge in [0.25, 0.3) is 5.91 Å². The molecule has 1 amide bonds. The van der Waals surface area contributed by atoms with Gasteiger partial charge in [0.15, 0.2) is 0 Å². The second-order valence-electron chi connectivity index (χ2n) is 4.09. The van der Waals surface area contributed by atoms with Crippen molar-refractivity contribution in [2.45, 2.75) is 13.5 Å². The molecule has 2 rings (SSSR count). The molecule has 3 N–H and O–H groups in total. The molecule has 1 heterocycles. The number of hydrogen-bond donors (Lipinski definition) is 2. The summed E-state index contributed by atoms with van der Waals surface area (Å²) in [7, 11) is 0.